The minimum absolute atomic E-state index is 0.498. The van der Waals surface area contributed by atoms with Crippen LogP contribution in [0.2, 0.25) is 0 Å². The van der Waals surface area contributed by atoms with Gasteiger partial charge in [-0.25, -0.2) is 0 Å². The lowest BCUT2D eigenvalue weighted by atomic mass is 9.75. The van der Waals surface area contributed by atoms with Gasteiger partial charge in [-0.3, -0.25) is 4.99 Å². The Morgan fingerprint density at radius 3 is 2.38 bits per heavy atom. The standard InChI is InChI=1S/C17H23BrN2S/c1-12-8-14(18)9-13(2)15(12)20-16-19-10-17(11-21-16)6-4-3-5-7-17/h8-9H,3-7,10-11H2,1-2H3,(H,19,20). The number of nitrogens with zero attached hydrogens (tertiary/aromatic N) is 1. The van der Waals surface area contributed by atoms with Crippen LogP contribution in [0.5, 0.6) is 0 Å². The number of hydrogen-bond acceptors (Lipinski definition) is 3. The lowest BCUT2D eigenvalue weighted by Crippen LogP contribution is -2.35. The highest BCUT2D eigenvalue weighted by Crippen LogP contribution is 2.42. The second-order valence-electron chi connectivity index (χ2n) is 6.51. The van der Waals surface area contributed by atoms with Crippen molar-refractivity contribution in [3.05, 3.63) is 27.7 Å². The molecular weight excluding hydrogens is 344 g/mol. The van der Waals surface area contributed by atoms with Crippen LogP contribution in [0.15, 0.2) is 21.6 Å². The molecule has 1 N–H and O–H groups in total. The lowest BCUT2D eigenvalue weighted by molar-refractivity contribution is 0.232. The fourth-order valence-corrected chi connectivity index (χ4v) is 5.29. The number of aryl methyl sites for hydroxylation is 2. The third-order valence-electron chi connectivity index (χ3n) is 4.72. The summed E-state index contributed by atoms with van der Waals surface area (Å²) in [6.07, 6.45) is 6.94. The number of nitrogens with one attached hydrogen (secondary N) is 1. The molecule has 0 saturated heterocycles. The number of amidine groups is 1. The maximum absolute atomic E-state index is 4.86. The number of benzene rings is 1. The Morgan fingerprint density at radius 1 is 1.14 bits per heavy atom. The first-order chi connectivity index (χ1) is 10.1. The topological polar surface area (TPSA) is 24.4 Å². The molecular formula is C17H23BrN2S. The smallest absolute Gasteiger partial charge is 0.161 e. The van der Waals surface area contributed by atoms with E-state index in [1.807, 2.05) is 11.8 Å². The maximum Gasteiger partial charge on any atom is 0.161 e. The average molecular weight is 367 g/mol. The summed E-state index contributed by atoms with van der Waals surface area (Å²) in [6.45, 7) is 5.31. The van der Waals surface area contributed by atoms with Crippen molar-refractivity contribution in [2.45, 2.75) is 46.0 Å². The molecule has 3 rings (SSSR count). The van der Waals surface area contributed by atoms with Crippen molar-refractivity contribution in [1.29, 1.82) is 0 Å². The van der Waals surface area contributed by atoms with Crippen LogP contribution in [0.25, 0.3) is 0 Å². The van der Waals surface area contributed by atoms with Gasteiger partial charge in [0.25, 0.3) is 0 Å². The minimum Gasteiger partial charge on any atom is -0.335 e. The zero-order valence-corrected chi connectivity index (χ0v) is 15.2. The van der Waals surface area contributed by atoms with E-state index in [4.69, 9.17) is 4.99 Å². The normalized spacial score (nSPS) is 21.2. The molecule has 1 fully saturated rings. The third kappa shape index (κ3) is 3.48. The molecule has 0 amide bonds. The molecule has 21 heavy (non-hydrogen) atoms. The van der Waals surface area contributed by atoms with E-state index in [2.05, 4.69) is 47.2 Å². The summed E-state index contributed by atoms with van der Waals surface area (Å²) in [5.74, 6) is 1.23. The first kappa shape index (κ1) is 15.4. The number of rotatable bonds is 1. The molecule has 0 aromatic heterocycles. The summed E-state index contributed by atoms with van der Waals surface area (Å²) in [5, 5.41) is 4.66. The number of thioether (sulfide) groups is 1. The molecule has 4 heteroatoms. The summed E-state index contributed by atoms with van der Waals surface area (Å²) in [7, 11) is 0. The van der Waals surface area contributed by atoms with Crippen LogP contribution in [-0.4, -0.2) is 17.5 Å². The molecule has 0 atom stereocenters. The van der Waals surface area contributed by atoms with E-state index in [-0.39, 0.29) is 0 Å². The molecule has 0 bridgehead atoms. The molecule has 1 saturated carbocycles. The Kier molecular flexibility index (Phi) is 4.65. The van der Waals surface area contributed by atoms with E-state index < -0.39 is 0 Å². The van der Waals surface area contributed by atoms with E-state index in [0.717, 1.165) is 16.2 Å². The SMILES string of the molecule is Cc1cc(Br)cc(C)c1NC1=NCC2(CCCCC2)CS1. The van der Waals surface area contributed by atoms with Gasteiger partial charge in [0.2, 0.25) is 0 Å². The number of halogens is 1. The van der Waals surface area contributed by atoms with E-state index in [0.29, 0.717) is 5.41 Å². The van der Waals surface area contributed by atoms with E-state index in [9.17, 15) is 0 Å². The van der Waals surface area contributed by atoms with Gasteiger partial charge in [0.1, 0.15) is 0 Å². The predicted octanol–water partition coefficient (Wildman–Crippen LogP) is 5.53. The zero-order valence-electron chi connectivity index (χ0n) is 12.8. The first-order valence-electron chi connectivity index (χ1n) is 7.79. The molecule has 1 heterocycles. The third-order valence-corrected chi connectivity index (χ3v) is 6.44. The molecule has 1 aromatic rings. The van der Waals surface area contributed by atoms with Gasteiger partial charge in [-0.1, -0.05) is 47.0 Å². The zero-order chi connectivity index (χ0) is 14.9. The Balaban J connectivity index is 1.72. The average Bonchev–Trinajstić information content (AvgIpc) is 2.46. The molecule has 1 aliphatic heterocycles. The van der Waals surface area contributed by atoms with Gasteiger partial charge in [-0.05, 0) is 55.4 Å². The monoisotopic (exact) mass is 366 g/mol. The second-order valence-corrected chi connectivity index (χ2v) is 8.39. The summed E-state index contributed by atoms with van der Waals surface area (Å²) < 4.78 is 1.14. The van der Waals surface area contributed by atoms with Crippen LogP contribution >= 0.6 is 27.7 Å². The summed E-state index contributed by atoms with van der Waals surface area (Å²) in [6, 6.07) is 4.32. The Labute approximate surface area is 140 Å². The fraction of sp³-hybridized carbons (Fsp3) is 0.588. The van der Waals surface area contributed by atoms with Crippen molar-refractivity contribution < 1.29 is 0 Å². The Hall–Kier alpha value is -0.480. The molecule has 2 aliphatic rings. The van der Waals surface area contributed by atoms with Crippen molar-refractivity contribution >= 4 is 38.5 Å². The van der Waals surface area contributed by atoms with Gasteiger partial charge in [0.15, 0.2) is 5.17 Å². The summed E-state index contributed by atoms with van der Waals surface area (Å²) >= 11 is 5.47. The van der Waals surface area contributed by atoms with Gasteiger partial charge in [0, 0.05) is 22.5 Å². The molecule has 1 aliphatic carbocycles. The van der Waals surface area contributed by atoms with Crippen LogP contribution in [0.4, 0.5) is 5.69 Å². The number of hydrogen-bond donors (Lipinski definition) is 1. The highest BCUT2D eigenvalue weighted by Gasteiger charge is 2.34. The van der Waals surface area contributed by atoms with Crippen molar-refractivity contribution in [2.24, 2.45) is 10.4 Å². The van der Waals surface area contributed by atoms with Crippen LogP contribution in [0.3, 0.4) is 0 Å². The van der Waals surface area contributed by atoms with Gasteiger partial charge >= 0.3 is 0 Å². The Bertz CT molecular complexity index is 539. The van der Waals surface area contributed by atoms with E-state index in [1.165, 1.54) is 54.7 Å². The highest BCUT2D eigenvalue weighted by molar-refractivity contribution is 9.10. The lowest BCUT2D eigenvalue weighted by Gasteiger charge is -2.38. The van der Waals surface area contributed by atoms with Crippen LogP contribution in [0.1, 0.15) is 43.2 Å². The second kappa shape index (κ2) is 6.33. The first-order valence-corrected chi connectivity index (χ1v) is 9.57. The summed E-state index contributed by atoms with van der Waals surface area (Å²) in [4.78, 5) is 4.86. The summed E-state index contributed by atoms with van der Waals surface area (Å²) in [5.41, 5.74) is 4.24. The molecule has 1 spiro atoms. The predicted molar refractivity (Wildman–Crippen MR) is 97.5 cm³/mol. The fourth-order valence-electron chi connectivity index (χ4n) is 3.45. The Morgan fingerprint density at radius 2 is 1.81 bits per heavy atom. The van der Waals surface area contributed by atoms with E-state index in [1.54, 1.807) is 0 Å². The molecule has 2 nitrogen and oxygen atoms in total. The van der Waals surface area contributed by atoms with E-state index >= 15 is 0 Å². The van der Waals surface area contributed by atoms with Crippen molar-refractivity contribution in [3.63, 3.8) is 0 Å². The van der Waals surface area contributed by atoms with Crippen LogP contribution in [0, 0.1) is 19.3 Å². The highest BCUT2D eigenvalue weighted by atomic mass is 79.9. The molecule has 0 unspecified atom stereocenters. The number of anilines is 1. The number of aliphatic imine (C=N–C) groups is 1. The van der Waals surface area contributed by atoms with Gasteiger partial charge in [-0.2, -0.15) is 0 Å². The molecule has 114 valence electrons. The largest absolute Gasteiger partial charge is 0.335 e. The van der Waals surface area contributed by atoms with Crippen molar-refractivity contribution in [3.8, 4) is 0 Å². The van der Waals surface area contributed by atoms with Gasteiger partial charge in [-0.15, -0.1) is 0 Å². The van der Waals surface area contributed by atoms with Crippen molar-refractivity contribution in [1.82, 2.24) is 0 Å². The van der Waals surface area contributed by atoms with Gasteiger partial charge < -0.3 is 5.32 Å². The molecule has 0 radical (unpaired) electrons. The van der Waals surface area contributed by atoms with Crippen LogP contribution < -0.4 is 5.32 Å². The van der Waals surface area contributed by atoms with Gasteiger partial charge in [0.05, 0.1) is 0 Å². The maximum atomic E-state index is 4.86. The molecule has 1 aromatic carbocycles. The quantitative estimate of drug-likeness (QED) is 0.706. The van der Waals surface area contributed by atoms with Crippen molar-refractivity contribution in [2.75, 3.05) is 17.6 Å². The minimum atomic E-state index is 0.498. The van der Waals surface area contributed by atoms with Crippen LogP contribution in [-0.2, 0) is 0 Å².